The highest BCUT2D eigenvalue weighted by molar-refractivity contribution is 5.98. The number of likely N-dealkylation sites (tertiary alicyclic amines) is 1. The lowest BCUT2D eigenvalue weighted by Gasteiger charge is -2.18. The van der Waals surface area contributed by atoms with E-state index >= 15 is 0 Å². The molecule has 1 atom stereocenters. The van der Waals surface area contributed by atoms with Gasteiger partial charge < -0.3 is 10.2 Å². The van der Waals surface area contributed by atoms with Crippen LogP contribution in [0.5, 0.6) is 0 Å². The van der Waals surface area contributed by atoms with Crippen molar-refractivity contribution >= 4 is 22.8 Å². The molecule has 0 radical (unpaired) electrons. The van der Waals surface area contributed by atoms with Crippen molar-refractivity contribution < 1.29 is 4.79 Å². The normalized spacial score (nSPS) is 17.6. The predicted octanol–water partition coefficient (Wildman–Crippen LogP) is 2.25. The van der Waals surface area contributed by atoms with Gasteiger partial charge in [-0.15, -0.1) is 0 Å². The van der Waals surface area contributed by atoms with Gasteiger partial charge in [0.2, 0.25) is 0 Å². The minimum atomic E-state index is -0.116. The van der Waals surface area contributed by atoms with Gasteiger partial charge in [0.25, 0.3) is 0 Å². The summed E-state index contributed by atoms with van der Waals surface area (Å²) < 4.78 is 2.03. The maximum Gasteiger partial charge on any atom is 0.321 e. The Morgan fingerprint density at radius 3 is 3.00 bits per heavy atom. The Morgan fingerprint density at radius 2 is 2.21 bits per heavy atom. The lowest BCUT2D eigenvalue weighted by atomic mass is 10.2. The van der Waals surface area contributed by atoms with Crippen molar-refractivity contribution in [3.63, 3.8) is 0 Å². The zero-order valence-electron chi connectivity index (χ0n) is 13.7. The number of nitrogens with one attached hydrogen (secondary N) is 2. The third-order valence-electron chi connectivity index (χ3n) is 4.43. The minimum Gasteiger partial charge on any atom is -0.322 e. The molecule has 2 amide bonds. The number of aromatic nitrogens is 5. The second kappa shape index (κ2) is 5.63. The zero-order chi connectivity index (χ0) is 16.7. The molecule has 1 fully saturated rings. The third kappa shape index (κ3) is 2.49. The number of rotatable bonds is 2. The molecule has 4 rings (SSSR count). The summed E-state index contributed by atoms with van der Waals surface area (Å²) in [5.41, 5.74) is 4.20. The number of urea groups is 1. The van der Waals surface area contributed by atoms with Gasteiger partial charge in [0.15, 0.2) is 0 Å². The van der Waals surface area contributed by atoms with Crippen LogP contribution in [0, 0.1) is 13.8 Å². The second-order valence-corrected chi connectivity index (χ2v) is 6.19. The van der Waals surface area contributed by atoms with Crippen LogP contribution in [0.15, 0.2) is 24.3 Å². The molecule has 1 aliphatic rings. The highest BCUT2D eigenvalue weighted by Gasteiger charge is 2.29. The fourth-order valence-electron chi connectivity index (χ4n) is 3.30. The summed E-state index contributed by atoms with van der Waals surface area (Å²) in [4.78, 5) is 14.4. The van der Waals surface area contributed by atoms with E-state index in [0.29, 0.717) is 24.3 Å². The van der Waals surface area contributed by atoms with Crippen molar-refractivity contribution in [1.29, 1.82) is 0 Å². The Balaban J connectivity index is 1.48. The molecule has 8 nitrogen and oxygen atoms in total. The van der Waals surface area contributed by atoms with Gasteiger partial charge in [-0.3, -0.25) is 4.68 Å². The van der Waals surface area contributed by atoms with E-state index in [9.17, 15) is 4.79 Å². The Morgan fingerprint density at radius 1 is 1.33 bits per heavy atom. The SMILES string of the molecule is Cc1cc(C)n([C@@H]2CCN(C(=O)Nc3cccc4n[nH]nc34)C2)n1. The van der Waals surface area contributed by atoms with Gasteiger partial charge >= 0.3 is 6.03 Å². The van der Waals surface area contributed by atoms with Crippen LogP contribution in [0.25, 0.3) is 11.0 Å². The van der Waals surface area contributed by atoms with Crippen molar-refractivity contribution in [2.45, 2.75) is 26.3 Å². The number of carbonyl (C=O) groups is 1. The van der Waals surface area contributed by atoms with E-state index in [1.54, 1.807) is 0 Å². The molecular formula is C16H19N7O. The summed E-state index contributed by atoms with van der Waals surface area (Å²) in [6, 6.07) is 7.71. The van der Waals surface area contributed by atoms with Crippen LogP contribution in [0.3, 0.4) is 0 Å². The van der Waals surface area contributed by atoms with Gasteiger partial charge in [0, 0.05) is 18.8 Å². The zero-order valence-corrected chi connectivity index (χ0v) is 13.7. The number of nitrogens with zero attached hydrogens (tertiary/aromatic N) is 5. The number of benzene rings is 1. The van der Waals surface area contributed by atoms with Crippen LogP contribution in [0.4, 0.5) is 10.5 Å². The van der Waals surface area contributed by atoms with Crippen molar-refractivity contribution in [1.82, 2.24) is 30.1 Å². The highest BCUT2D eigenvalue weighted by Crippen LogP contribution is 2.25. The Kier molecular flexibility index (Phi) is 3.44. The number of para-hydroxylation sites is 1. The number of anilines is 1. The van der Waals surface area contributed by atoms with Crippen LogP contribution < -0.4 is 5.32 Å². The predicted molar refractivity (Wildman–Crippen MR) is 89.8 cm³/mol. The molecule has 1 aromatic carbocycles. The number of H-pyrrole nitrogens is 1. The average Bonchev–Trinajstić information content (AvgIpc) is 3.26. The number of amides is 2. The first kappa shape index (κ1) is 14.7. The van der Waals surface area contributed by atoms with Gasteiger partial charge in [0.1, 0.15) is 11.0 Å². The van der Waals surface area contributed by atoms with Crippen molar-refractivity contribution in [2.24, 2.45) is 0 Å². The molecule has 3 heterocycles. The van der Waals surface area contributed by atoms with Crippen molar-refractivity contribution in [3.8, 4) is 0 Å². The number of carbonyl (C=O) groups excluding carboxylic acids is 1. The molecule has 2 aromatic heterocycles. The Bertz CT molecular complexity index is 897. The van der Waals surface area contributed by atoms with Gasteiger partial charge in [-0.25, -0.2) is 4.79 Å². The number of fused-ring (bicyclic) bond motifs is 1. The van der Waals surface area contributed by atoms with E-state index in [2.05, 4.69) is 31.9 Å². The van der Waals surface area contributed by atoms with E-state index in [-0.39, 0.29) is 12.1 Å². The van der Waals surface area contributed by atoms with E-state index in [4.69, 9.17) is 0 Å². The maximum atomic E-state index is 12.6. The van der Waals surface area contributed by atoms with Gasteiger partial charge in [-0.05, 0) is 38.5 Å². The summed E-state index contributed by atoms with van der Waals surface area (Å²) >= 11 is 0. The number of hydrogen-bond acceptors (Lipinski definition) is 4. The minimum absolute atomic E-state index is 0.116. The van der Waals surface area contributed by atoms with Crippen molar-refractivity contribution in [2.75, 3.05) is 18.4 Å². The first-order chi connectivity index (χ1) is 11.6. The van der Waals surface area contributed by atoms with E-state index < -0.39 is 0 Å². The van der Waals surface area contributed by atoms with Gasteiger partial charge in [-0.1, -0.05) is 6.07 Å². The molecule has 24 heavy (non-hydrogen) atoms. The molecular weight excluding hydrogens is 306 g/mol. The number of aromatic amines is 1. The van der Waals surface area contributed by atoms with Gasteiger partial charge in [-0.2, -0.15) is 20.5 Å². The molecule has 8 heteroatoms. The summed E-state index contributed by atoms with van der Waals surface area (Å²) in [5.74, 6) is 0. The largest absolute Gasteiger partial charge is 0.322 e. The molecule has 0 saturated carbocycles. The summed E-state index contributed by atoms with van der Waals surface area (Å²) in [6.07, 6.45) is 0.906. The molecule has 1 saturated heterocycles. The van der Waals surface area contributed by atoms with Crippen molar-refractivity contribution in [3.05, 3.63) is 35.7 Å². The highest BCUT2D eigenvalue weighted by atomic mass is 16.2. The number of hydrogen-bond donors (Lipinski definition) is 2. The molecule has 2 N–H and O–H groups in total. The summed E-state index contributed by atoms with van der Waals surface area (Å²) in [5, 5.41) is 18.2. The standard InChI is InChI=1S/C16H19N7O/c1-10-8-11(2)23(20-10)12-6-7-22(9-12)16(24)17-13-4-3-5-14-15(13)19-21-18-14/h3-5,8,12H,6-7,9H2,1-2H3,(H,17,24)(H,18,19,21)/t12-/m1/s1. The maximum absolute atomic E-state index is 12.6. The van der Waals surface area contributed by atoms with Crippen LogP contribution in [-0.4, -0.2) is 49.2 Å². The topological polar surface area (TPSA) is 91.7 Å². The third-order valence-corrected chi connectivity index (χ3v) is 4.43. The smallest absolute Gasteiger partial charge is 0.321 e. The number of aryl methyl sites for hydroxylation is 2. The fraction of sp³-hybridized carbons (Fsp3) is 0.375. The van der Waals surface area contributed by atoms with Gasteiger partial charge in [0.05, 0.1) is 17.4 Å². The molecule has 3 aromatic rings. The van der Waals surface area contributed by atoms with Crippen LogP contribution in [-0.2, 0) is 0 Å². The molecule has 0 bridgehead atoms. The van der Waals surface area contributed by atoms with Crippen LogP contribution in [0.2, 0.25) is 0 Å². The Hall–Kier alpha value is -2.90. The first-order valence-electron chi connectivity index (χ1n) is 8.00. The second-order valence-electron chi connectivity index (χ2n) is 6.19. The Labute approximate surface area is 138 Å². The summed E-state index contributed by atoms with van der Waals surface area (Å²) in [7, 11) is 0. The van der Waals surface area contributed by atoms with E-state index in [0.717, 1.165) is 23.3 Å². The first-order valence-corrected chi connectivity index (χ1v) is 8.00. The van der Waals surface area contributed by atoms with E-state index in [1.807, 2.05) is 41.6 Å². The van der Waals surface area contributed by atoms with Crippen LogP contribution >= 0.6 is 0 Å². The lowest BCUT2D eigenvalue weighted by Crippen LogP contribution is -2.33. The quantitative estimate of drug-likeness (QED) is 0.756. The van der Waals surface area contributed by atoms with E-state index in [1.165, 1.54) is 0 Å². The molecule has 124 valence electrons. The lowest BCUT2D eigenvalue weighted by molar-refractivity contribution is 0.220. The summed E-state index contributed by atoms with van der Waals surface area (Å²) in [6.45, 7) is 5.40. The molecule has 1 aliphatic heterocycles. The average molecular weight is 325 g/mol. The molecule has 0 unspecified atom stereocenters. The molecule has 0 aliphatic carbocycles. The van der Waals surface area contributed by atoms with Crippen LogP contribution in [0.1, 0.15) is 23.9 Å². The fourth-order valence-corrected chi connectivity index (χ4v) is 3.30. The molecule has 0 spiro atoms. The monoisotopic (exact) mass is 325 g/mol.